The summed E-state index contributed by atoms with van der Waals surface area (Å²) >= 11 is 0. The smallest absolute Gasteiger partial charge is 0.268 e. The molecule has 58 heavy (non-hydrogen) atoms. The van der Waals surface area contributed by atoms with E-state index in [1.165, 1.54) is 161 Å². The number of likely N-dealkylation sites (N-methyl/N-ethyl adjacent to an activating group) is 1. The molecule has 0 heterocycles. The number of aliphatic hydroxyl groups is 1. The number of phosphoric ester groups is 1. The van der Waals surface area contributed by atoms with Crippen LogP contribution in [0.5, 0.6) is 0 Å². The minimum atomic E-state index is -4.60. The third-order valence-electron chi connectivity index (χ3n) is 10.9. The van der Waals surface area contributed by atoms with Crippen molar-refractivity contribution in [3.63, 3.8) is 0 Å². The molecule has 342 valence electrons. The second-order valence-corrected chi connectivity index (χ2v) is 19.2. The van der Waals surface area contributed by atoms with Crippen molar-refractivity contribution in [3.8, 4) is 0 Å². The molecule has 0 fully saturated rings. The molecule has 0 saturated carbocycles. The quantitative estimate of drug-likeness (QED) is 0.0274. The molecule has 0 aromatic rings. The van der Waals surface area contributed by atoms with Gasteiger partial charge in [-0.2, -0.15) is 0 Å². The van der Waals surface area contributed by atoms with Gasteiger partial charge in [0.25, 0.3) is 7.82 Å². The number of hydrogen-bond donors (Lipinski definition) is 2. The first-order chi connectivity index (χ1) is 28.0. The average Bonchev–Trinajstić information content (AvgIpc) is 3.17. The van der Waals surface area contributed by atoms with Gasteiger partial charge in [-0.1, -0.05) is 211 Å². The summed E-state index contributed by atoms with van der Waals surface area (Å²) in [5.74, 6) is -0.264. The number of amides is 1. The molecule has 0 aliphatic rings. The number of nitrogens with zero attached hydrogens (tertiary/aromatic N) is 1. The van der Waals surface area contributed by atoms with Crippen LogP contribution < -0.4 is 10.2 Å². The zero-order valence-electron chi connectivity index (χ0n) is 38.8. The lowest BCUT2D eigenvalue weighted by molar-refractivity contribution is -0.870. The molecular formula is C49H95N2O6P. The first-order valence-corrected chi connectivity index (χ1v) is 25.8. The van der Waals surface area contributed by atoms with Crippen molar-refractivity contribution in [1.82, 2.24) is 5.32 Å². The van der Waals surface area contributed by atoms with E-state index < -0.39 is 26.6 Å². The van der Waals surface area contributed by atoms with E-state index in [1.807, 2.05) is 33.3 Å². The number of hydrogen-bond acceptors (Lipinski definition) is 6. The van der Waals surface area contributed by atoms with E-state index in [1.54, 1.807) is 6.08 Å². The topological polar surface area (TPSA) is 108 Å². The van der Waals surface area contributed by atoms with Crippen molar-refractivity contribution in [1.29, 1.82) is 0 Å². The summed E-state index contributed by atoms with van der Waals surface area (Å²) in [7, 11) is 1.23. The third kappa shape index (κ3) is 42.8. The molecule has 3 unspecified atom stereocenters. The maximum Gasteiger partial charge on any atom is 0.268 e. The minimum Gasteiger partial charge on any atom is -0.756 e. The molecule has 0 aliphatic heterocycles. The average molecular weight is 839 g/mol. The van der Waals surface area contributed by atoms with Crippen LogP contribution in [0.25, 0.3) is 0 Å². The standard InChI is InChI=1S/C49H95N2O6P/c1-6-8-10-12-14-16-18-20-21-22-23-24-25-26-27-28-29-31-32-34-36-38-40-42-48(52)47(46-57-58(54,55)56-45-44-51(3,4)5)50-49(53)43-41-39-37-35-33-30-19-17-15-13-11-9-7-2/h30,33,37,39-40,42,47-48,52H,6-29,31-32,34-36,38,41,43-46H2,1-5H3,(H-,50,53,54,55)/b33-30-,39-37-,42-40+. The van der Waals surface area contributed by atoms with Crippen molar-refractivity contribution < 1.29 is 32.9 Å². The van der Waals surface area contributed by atoms with Crippen LogP contribution in [0.3, 0.4) is 0 Å². The Kier molecular flexibility index (Phi) is 40.2. The highest BCUT2D eigenvalue weighted by atomic mass is 31.2. The van der Waals surface area contributed by atoms with Crippen LogP contribution in [0.4, 0.5) is 0 Å². The Morgan fingerprint density at radius 2 is 1.00 bits per heavy atom. The number of carbonyl (C=O) groups excluding carboxylic acids is 1. The summed E-state index contributed by atoms with van der Waals surface area (Å²) in [5.41, 5.74) is 0. The number of aliphatic hydroxyl groups excluding tert-OH is 1. The number of nitrogens with one attached hydrogen (secondary N) is 1. The third-order valence-corrected chi connectivity index (χ3v) is 11.8. The molecule has 0 saturated heterocycles. The summed E-state index contributed by atoms with van der Waals surface area (Å²) in [4.78, 5) is 25.3. The molecule has 0 radical (unpaired) electrons. The van der Waals surface area contributed by atoms with Crippen molar-refractivity contribution in [3.05, 3.63) is 36.5 Å². The second-order valence-electron chi connectivity index (χ2n) is 17.8. The number of unbranched alkanes of at least 4 members (excludes halogenated alkanes) is 27. The molecule has 0 rings (SSSR count). The van der Waals surface area contributed by atoms with Crippen molar-refractivity contribution >= 4 is 13.7 Å². The van der Waals surface area contributed by atoms with Crippen LogP contribution in [0.1, 0.15) is 219 Å². The van der Waals surface area contributed by atoms with Gasteiger partial charge in [-0.3, -0.25) is 9.36 Å². The zero-order valence-corrected chi connectivity index (χ0v) is 39.6. The van der Waals surface area contributed by atoms with Crippen molar-refractivity contribution in [2.24, 2.45) is 0 Å². The molecule has 0 spiro atoms. The number of allylic oxidation sites excluding steroid dienone is 5. The lowest BCUT2D eigenvalue weighted by atomic mass is 10.0. The van der Waals surface area contributed by atoms with Crippen LogP contribution in [0, 0.1) is 0 Å². The zero-order chi connectivity index (χ0) is 42.8. The van der Waals surface area contributed by atoms with Gasteiger partial charge in [0.15, 0.2) is 0 Å². The van der Waals surface area contributed by atoms with E-state index in [2.05, 4.69) is 37.4 Å². The normalized spacial score (nSPS) is 14.5. The predicted octanol–water partition coefficient (Wildman–Crippen LogP) is 13.2. The van der Waals surface area contributed by atoms with Gasteiger partial charge in [0.05, 0.1) is 39.9 Å². The highest BCUT2D eigenvalue weighted by Crippen LogP contribution is 2.38. The van der Waals surface area contributed by atoms with Crippen LogP contribution in [0.15, 0.2) is 36.5 Å². The molecule has 2 N–H and O–H groups in total. The summed E-state index contributed by atoms with van der Waals surface area (Å²) in [6.45, 7) is 4.60. The monoisotopic (exact) mass is 839 g/mol. The summed E-state index contributed by atoms with van der Waals surface area (Å²) in [6, 6.07) is -0.915. The van der Waals surface area contributed by atoms with Gasteiger partial charge in [0.2, 0.25) is 5.91 Å². The highest BCUT2D eigenvalue weighted by molar-refractivity contribution is 7.45. The first kappa shape index (κ1) is 56.7. The van der Waals surface area contributed by atoms with E-state index in [0.29, 0.717) is 17.4 Å². The van der Waals surface area contributed by atoms with E-state index in [0.717, 1.165) is 32.1 Å². The van der Waals surface area contributed by atoms with E-state index in [9.17, 15) is 19.4 Å². The SMILES string of the molecule is CCCCCCCC/C=C\C/C=C\CCC(=O)NC(COP(=O)([O-])OCC[N+](C)(C)C)C(O)/C=C/CCCCCCCCCCCCCCCCCCCCCCC. The molecule has 8 nitrogen and oxygen atoms in total. The Morgan fingerprint density at radius 1 is 0.603 bits per heavy atom. The Hall–Kier alpha value is -1.28. The fraction of sp³-hybridized carbons (Fsp3) is 0.857. The Bertz CT molecular complexity index is 1040. The maximum atomic E-state index is 12.8. The molecule has 1 amide bonds. The van der Waals surface area contributed by atoms with Gasteiger partial charge in [-0.05, 0) is 38.5 Å². The van der Waals surface area contributed by atoms with Crippen LogP contribution >= 0.6 is 7.82 Å². The van der Waals surface area contributed by atoms with E-state index in [4.69, 9.17) is 9.05 Å². The van der Waals surface area contributed by atoms with Gasteiger partial charge in [-0.25, -0.2) is 0 Å². The van der Waals surface area contributed by atoms with Gasteiger partial charge >= 0.3 is 0 Å². The van der Waals surface area contributed by atoms with Gasteiger partial charge in [0.1, 0.15) is 13.2 Å². The fourth-order valence-electron chi connectivity index (χ4n) is 6.97. The number of carbonyl (C=O) groups is 1. The van der Waals surface area contributed by atoms with E-state index >= 15 is 0 Å². The highest BCUT2D eigenvalue weighted by Gasteiger charge is 2.23. The molecule has 3 atom stereocenters. The van der Waals surface area contributed by atoms with Crippen LogP contribution in [0.2, 0.25) is 0 Å². The molecule has 0 aromatic heterocycles. The number of quaternary nitrogens is 1. The van der Waals surface area contributed by atoms with Crippen LogP contribution in [-0.4, -0.2) is 68.5 Å². The summed E-state index contributed by atoms with van der Waals surface area (Å²) in [5, 5.41) is 13.8. The van der Waals surface area contributed by atoms with E-state index in [-0.39, 0.29) is 18.9 Å². The molecule has 0 aromatic carbocycles. The molecule has 0 aliphatic carbocycles. The van der Waals surface area contributed by atoms with Crippen molar-refractivity contribution in [2.75, 3.05) is 40.9 Å². The molecule has 0 bridgehead atoms. The van der Waals surface area contributed by atoms with Crippen molar-refractivity contribution in [2.45, 2.75) is 231 Å². The summed E-state index contributed by atoms with van der Waals surface area (Å²) in [6.07, 6.45) is 50.8. The lowest BCUT2D eigenvalue weighted by Crippen LogP contribution is -2.45. The van der Waals surface area contributed by atoms with Gasteiger partial charge in [-0.15, -0.1) is 0 Å². The maximum absolute atomic E-state index is 12.8. The summed E-state index contributed by atoms with van der Waals surface area (Å²) < 4.78 is 23.2. The number of rotatable bonds is 44. The van der Waals surface area contributed by atoms with Gasteiger partial charge < -0.3 is 28.8 Å². The lowest BCUT2D eigenvalue weighted by Gasteiger charge is -2.29. The number of phosphoric acid groups is 1. The predicted molar refractivity (Wildman–Crippen MR) is 247 cm³/mol. The first-order valence-electron chi connectivity index (χ1n) is 24.4. The molecular weight excluding hydrogens is 744 g/mol. The largest absolute Gasteiger partial charge is 0.756 e. The Balaban J connectivity index is 4.34. The second kappa shape index (κ2) is 41.1. The Morgan fingerprint density at radius 3 is 1.43 bits per heavy atom. The molecule has 9 heteroatoms. The minimum absolute atomic E-state index is 0.0101. The fourth-order valence-corrected chi connectivity index (χ4v) is 7.69. The van der Waals surface area contributed by atoms with Gasteiger partial charge in [0, 0.05) is 6.42 Å². The Labute approximate surface area is 359 Å². The van der Waals surface area contributed by atoms with Crippen LogP contribution in [-0.2, 0) is 18.4 Å².